The monoisotopic (exact) mass is 296 g/mol. The van der Waals surface area contributed by atoms with Crippen molar-refractivity contribution in [1.82, 2.24) is 10.3 Å². The predicted octanol–water partition coefficient (Wildman–Crippen LogP) is 1.58. The van der Waals surface area contributed by atoms with Crippen molar-refractivity contribution in [1.29, 1.82) is 0 Å². The van der Waals surface area contributed by atoms with Gasteiger partial charge in [-0.15, -0.1) is 0 Å². The molecule has 0 saturated carbocycles. The summed E-state index contributed by atoms with van der Waals surface area (Å²) in [5, 5.41) is 16.4. The first-order valence-electron chi connectivity index (χ1n) is 6.55. The molecule has 0 unspecified atom stereocenters. The van der Waals surface area contributed by atoms with E-state index >= 15 is 0 Å². The Morgan fingerprint density at radius 1 is 1.52 bits per heavy atom. The van der Waals surface area contributed by atoms with E-state index in [1.807, 2.05) is 20.8 Å². The molecule has 21 heavy (non-hydrogen) atoms. The molecule has 1 aromatic heterocycles. The number of hydrogen-bond donors (Lipinski definition) is 2. The zero-order valence-electron chi connectivity index (χ0n) is 12.6. The minimum Gasteiger partial charge on any atom is -0.374 e. The molecular weight excluding hydrogens is 276 g/mol. The van der Waals surface area contributed by atoms with Gasteiger partial charge in [0.15, 0.2) is 0 Å². The summed E-state index contributed by atoms with van der Waals surface area (Å²) in [6, 6.07) is 1.35. The molecule has 0 aliphatic carbocycles. The second-order valence-electron chi connectivity index (χ2n) is 4.97. The standard InChI is InChI=1S/C13H20N4O4/c1-5-21-13(2,3)8-16-12(18)9-6-11(14-4)15-7-10(9)17(19)20/h6-7H,5,8H2,1-4H3,(H,14,15)(H,16,18). The van der Waals surface area contributed by atoms with Crippen molar-refractivity contribution in [3.63, 3.8) is 0 Å². The van der Waals surface area contributed by atoms with Gasteiger partial charge in [-0.05, 0) is 20.8 Å². The van der Waals surface area contributed by atoms with Gasteiger partial charge in [0, 0.05) is 26.3 Å². The number of rotatable bonds is 7. The van der Waals surface area contributed by atoms with E-state index in [4.69, 9.17) is 4.74 Å². The molecule has 0 saturated heterocycles. The van der Waals surface area contributed by atoms with E-state index in [9.17, 15) is 14.9 Å². The number of carbonyl (C=O) groups is 1. The summed E-state index contributed by atoms with van der Waals surface area (Å²) >= 11 is 0. The largest absolute Gasteiger partial charge is 0.374 e. The van der Waals surface area contributed by atoms with Crippen LogP contribution in [-0.4, -0.2) is 41.6 Å². The summed E-state index contributed by atoms with van der Waals surface area (Å²) in [4.78, 5) is 26.3. The zero-order chi connectivity index (χ0) is 16.0. The van der Waals surface area contributed by atoms with Crippen molar-refractivity contribution in [3.05, 3.63) is 27.9 Å². The van der Waals surface area contributed by atoms with Crippen LogP contribution in [0.4, 0.5) is 11.5 Å². The smallest absolute Gasteiger partial charge is 0.300 e. The minimum atomic E-state index is -0.630. The van der Waals surface area contributed by atoms with Gasteiger partial charge >= 0.3 is 0 Å². The lowest BCUT2D eigenvalue weighted by atomic mass is 10.1. The minimum absolute atomic E-state index is 0.0355. The Morgan fingerprint density at radius 3 is 2.71 bits per heavy atom. The summed E-state index contributed by atoms with van der Waals surface area (Å²) in [6.45, 7) is 6.28. The van der Waals surface area contributed by atoms with Crippen molar-refractivity contribution in [3.8, 4) is 0 Å². The van der Waals surface area contributed by atoms with Gasteiger partial charge in [-0.1, -0.05) is 0 Å². The third kappa shape index (κ3) is 4.67. The van der Waals surface area contributed by atoms with Gasteiger partial charge in [0.25, 0.3) is 11.6 Å². The van der Waals surface area contributed by atoms with Crippen LogP contribution in [0.25, 0.3) is 0 Å². The molecule has 1 amide bonds. The first kappa shape index (κ1) is 16.8. The first-order valence-corrected chi connectivity index (χ1v) is 6.55. The highest BCUT2D eigenvalue weighted by molar-refractivity contribution is 5.98. The van der Waals surface area contributed by atoms with Gasteiger partial charge in [-0.25, -0.2) is 4.98 Å². The maximum absolute atomic E-state index is 12.2. The molecule has 0 aliphatic heterocycles. The molecule has 0 fully saturated rings. The Labute approximate surface area is 123 Å². The summed E-state index contributed by atoms with van der Waals surface area (Å²) < 4.78 is 5.46. The van der Waals surface area contributed by atoms with Gasteiger partial charge in [-0.3, -0.25) is 14.9 Å². The molecular formula is C13H20N4O4. The molecule has 8 nitrogen and oxygen atoms in total. The number of anilines is 1. The Balaban J connectivity index is 2.93. The molecule has 8 heteroatoms. The number of nitro groups is 1. The number of hydrogen-bond acceptors (Lipinski definition) is 6. The molecule has 2 N–H and O–H groups in total. The van der Waals surface area contributed by atoms with Crippen LogP contribution in [0.3, 0.4) is 0 Å². The normalized spacial score (nSPS) is 11.0. The Kier molecular flexibility index (Phi) is 5.60. The van der Waals surface area contributed by atoms with Crippen LogP contribution in [0, 0.1) is 10.1 Å². The van der Waals surface area contributed by atoms with Crippen LogP contribution in [-0.2, 0) is 4.74 Å². The van der Waals surface area contributed by atoms with Crippen molar-refractivity contribution < 1.29 is 14.5 Å². The van der Waals surface area contributed by atoms with E-state index in [-0.39, 0.29) is 17.8 Å². The fourth-order valence-corrected chi connectivity index (χ4v) is 1.74. The molecule has 0 spiro atoms. The number of carbonyl (C=O) groups excluding carboxylic acids is 1. The van der Waals surface area contributed by atoms with Crippen LogP contribution < -0.4 is 10.6 Å². The number of pyridine rings is 1. The second-order valence-corrected chi connectivity index (χ2v) is 4.97. The van der Waals surface area contributed by atoms with Crippen molar-refractivity contribution in [2.45, 2.75) is 26.4 Å². The van der Waals surface area contributed by atoms with E-state index in [1.54, 1.807) is 7.05 Å². The van der Waals surface area contributed by atoms with E-state index in [1.165, 1.54) is 6.07 Å². The Bertz CT molecular complexity index is 531. The van der Waals surface area contributed by atoms with Crippen LogP contribution >= 0.6 is 0 Å². The summed E-state index contributed by atoms with van der Waals surface area (Å²) in [7, 11) is 1.62. The second kappa shape index (κ2) is 6.98. The molecule has 1 rings (SSSR count). The number of ether oxygens (including phenoxy) is 1. The lowest BCUT2D eigenvalue weighted by molar-refractivity contribution is -0.385. The summed E-state index contributed by atoms with van der Waals surface area (Å²) in [5.41, 5.74) is -0.912. The van der Waals surface area contributed by atoms with Gasteiger partial charge in [-0.2, -0.15) is 0 Å². The third-order valence-electron chi connectivity index (χ3n) is 2.79. The Morgan fingerprint density at radius 2 is 2.19 bits per heavy atom. The molecule has 0 bridgehead atoms. The number of aromatic nitrogens is 1. The highest BCUT2D eigenvalue weighted by Gasteiger charge is 2.24. The molecule has 116 valence electrons. The van der Waals surface area contributed by atoms with Crippen molar-refractivity contribution in [2.75, 3.05) is 25.5 Å². The van der Waals surface area contributed by atoms with E-state index in [0.717, 1.165) is 6.20 Å². The maximum atomic E-state index is 12.2. The molecule has 1 heterocycles. The highest BCUT2D eigenvalue weighted by Crippen LogP contribution is 2.20. The van der Waals surface area contributed by atoms with Crippen LogP contribution in [0.2, 0.25) is 0 Å². The topological polar surface area (TPSA) is 106 Å². The third-order valence-corrected chi connectivity index (χ3v) is 2.79. The fraction of sp³-hybridized carbons (Fsp3) is 0.538. The van der Waals surface area contributed by atoms with E-state index in [0.29, 0.717) is 12.4 Å². The number of nitrogens with zero attached hydrogens (tertiary/aromatic N) is 2. The molecule has 0 radical (unpaired) electrons. The lowest BCUT2D eigenvalue weighted by Gasteiger charge is -2.24. The molecule has 0 aromatic carbocycles. The maximum Gasteiger partial charge on any atom is 0.300 e. The van der Waals surface area contributed by atoms with Crippen LogP contribution in [0.1, 0.15) is 31.1 Å². The van der Waals surface area contributed by atoms with E-state index < -0.39 is 16.4 Å². The van der Waals surface area contributed by atoms with Gasteiger partial charge in [0.1, 0.15) is 17.6 Å². The fourth-order valence-electron chi connectivity index (χ4n) is 1.74. The lowest BCUT2D eigenvalue weighted by Crippen LogP contribution is -2.40. The van der Waals surface area contributed by atoms with Gasteiger partial charge < -0.3 is 15.4 Å². The number of nitrogens with one attached hydrogen (secondary N) is 2. The molecule has 0 aliphatic rings. The highest BCUT2D eigenvalue weighted by atomic mass is 16.6. The van der Waals surface area contributed by atoms with Crippen LogP contribution in [0.15, 0.2) is 12.3 Å². The quantitative estimate of drug-likeness (QED) is 0.584. The summed E-state index contributed by atoms with van der Waals surface area (Å²) in [5.74, 6) is -0.150. The Hall–Kier alpha value is -2.22. The van der Waals surface area contributed by atoms with Crippen molar-refractivity contribution in [2.24, 2.45) is 0 Å². The number of amides is 1. The van der Waals surface area contributed by atoms with Crippen LogP contribution in [0.5, 0.6) is 0 Å². The van der Waals surface area contributed by atoms with Gasteiger partial charge in [0.05, 0.1) is 10.5 Å². The van der Waals surface area contributed by atoms with Gasteiger partial charge in [0.2, 0.25) is 0 Å². The first-order chi connectivity index (χ1) is 9.80. The zero-order valence-corrected chi connectivity index (χ0v) is 12.6. The average Bonchev–Trinajstić information content (AvgIpc) is 2.44. The van der Waals surface area contributed by atoms with Crippen molar-refractivity contribution >= 4 is 17.4 Å². The SMILES string of the molecule is CCOC(C)(C)CNC(=O)c1cc(NC)ncc1[N+](=O)[O-]. The molecule has 0 atom stereocenters. The average molecular weight is 296 g/mol. The van der Waals surface area contributed by atoms with E-state index in [2.05, 4.69) is 15.6 Å². The molecule has 1 aromatic rings. The summed E-state index contributed by atoms with van der Waals surface area (Å²) in [6.07, 6.45) is 1.06. The predicted molar refractivity (Wildman–Crippen MR) is 78.5 cm³/mol.